The summed E-state index contributed by atoms with van der Waals surface area (Å²) in [5.41, 5.74) is 1.24. The maximum atomic E-state index is 12.2. The molecule has 3 nitrogen and oxygen atoms in total. The molecule has 0 aliphatic carbocycles. The summed E-state index contributed by atoms with van der Waals surface area (Å²) in [5, 5.41) is 10.7. The Balaban J connectivity index is 2.28. The number of rotatable bonds is 2. The Bertz CT molecular complexity index is 628. The van der Waals surface area contributed by atoms with Crippen molar-refractivity contribution in [1.29, 1.82) is 5.26 Å². The standard InChI is InChI=1S/C13H10N2OS2/c1-15(10-4-2-3-9(5-10)7-14)13(16)12-6-11(17)8-18-12/h2-6,8,17H,1H3. The van der Waals surface area contributed by atoms with E-state index in [1.807, 2.05) is 5.38 Å². The molecular weight excluding hydrogens is 264 g/mol. The topological polar surface area (TPSA) is 44.1 Å². The smallest absolute Gasteiger partial charge is 0.268 e. The maximum Gasteiger partial charge on any atom is 0.268 e. The molecule has 0 spiro atoms. The first-order valence-electron chi connectivity index (χ1n) is 5.17. The fraction of sp³-hybridized carbons (Fsp3) is 0.0769. The molecule has 0 radical (unpaired) electrons. The van der Waals surface area contributed by atoms with Gasteiger partial charge in [-0.1, -0.05) is 6.07 Å². The number of hydrogen-bond donors (Lipinski definition) is 1. The van der Waals surface area contributed by atoms with Gasteiger partial charge < -0.3 is 4.90 Å². The molecule has 0 fully saturated rings. The normalized spacial score (nSPS) is 9.83. The van der Waals surface area contributed by atoms with Gasteiger partial charge in [0.25, 0.3) is 5.91 Å². The van der Waals surface area contributed by atoms with Crippen molar-refractivity contribution in [3.8, 4) is 6.07 Å². The first-order valence-corrected chi connectivity index (χ1v) is 6.50. The molecule has 0 atom stereocenters. The van der Waals surface area contributed by atoms with E-state index in [1.54, 1.807) is 37.4 Å². The van der Waals surface area contributed by atoms with Crippen LogP contribution in [0.15, 0.2) is 40.6 Å². The minimum atomic E-state index is -0.101. The van der Waals surface area contributed by atoms with E-state index in [2.05, 4.69) is 18.7 Å². The van der Waals surface area contributed by atoms with Gasteiger partial charge in [0.05, 0.1) is 16.5 Å². The van der Waals surface area contributed by atoms with E-state index in [0.717, 1.165) is 4.90 Å². The lowest BCUT2D eigenvalue weighted by atomic mass is 10.2. The molecule has 1 amide bonds. The third-order valence-electron chi connectivity index (χ3n) is 2.46. The fourth-order valence-electron chi connectivity index (χ4n) is 1.50. The molecule has 0 aliphatic rings. The first-order chi connectivity index (χ1) is 8.61. The molecule has 90 valence electrons. The number of nitrogens with zero attached hydrogens (tertiary/aromatic N) is 2. The number of hydrogen-bond acceptors (Lipinski definition) is 4. The summed E-state index contributed by atoms with van der Waals surface area (Å²) in [6.07, 6.45) is 0. The zero-order chi connectivity index (χ0) is 13.1. The van der Waals surface area contributed by atoms with E-state index in [9.17, 15) is 4.79 Å². The minimum Gasteiger partial charge on any atom is -0.311 e. The summed E-state index contributed by atoms with van der Waals surface area (Å²) >= 11 is 5.54. The third-order valence-corrected chi connectivity index (χ3v) is 3.81. The number of carbonyl (C=O) groups excluding carboxylic acids is 1. The van der Waals surface area contributed by atoms with Crippen molar-refractivity contribution < 1.29 is 4.79 Å². The van der Waals surface area contributed by atoms with Gasteiger partial charge in [-0.25, -0.2) is 0 Å². The van der Waals surface area contributed by atoms with E-state index in [-0.39, 0.29) is 5.91 Å². The molecule has 0 bridgehead atoms. The van der Waals surface area contributed by atoms with Gasteiger partial charge in [0.1, 0.15) is 0 Å². The van der Waals surface area contributed by atoms with Gasteiger partial charge >= 0.3 is 0 Å². The zero-order valence-corrected chi connectivity index (χ0v) is 11.3. The largest absolute Gasteiger partial charge is 0.311 e. The van der Waals surface area contributed by atoms with Crippen LogP contribution in [0.2, 0.25) is 0 Å². The van der Waals surface area contributed by atoms with Crippen molar-refractivity contribution in [2.24, 2.45) is 0 Å². The van der Waals surface area contributed by atoms with E-state index in [4.69, 9.17) is 5.26 Å². The van der Waals surface area contributed by atoms with Crippen LogP contribution in [0.25, 0.3) is 0 Å². The summed E-state index contributed by atoms with van der Waals surface area (Å²) in [6, 6.07) is 10.7. The van der Waals surface area contributed by atoms with Gasteiger partial charge in [0, 0.05) is 23.0 Å². The highest BCUT2D eigenvalue weighted by atomic mass is 32.1. The van der Waals surface area contributed by atoms with Crippen molar-refractivity contribution in [2.45, 2.75) is 4.90 Å². The molecule has 0 saturated carbocycles. The second kappa shape index (κ2) is 5.25. The van der Waals surface area contributed by atoms with E-state index >= 15 is 0 Å². The molecule has 1 aromatic heterocycles. The van der Waals surface area contributed by atoms with Gasteiger partial charge in [-0.05, 0) is 24.3 Å². The molecule has 0 saturated heterocycles. The van der Waals surface area contributed by atoms with Crippen LogP contribution in [0.1, 0.15) is 15.2 Å². The van der Waals surface area contributed by atoms with Crippen molar-refractivity contribution in [1.82, 2.24) is 0 Å². The zero-order valence-electron chi connectivity index (χ0n) is 9.62. The first kappa shape index (κ1) is 12.7. The average Bonchev–Trinajstić information content (AvgIpc) is 2.83. The molecule has 0 N–H and O–H groups in total. The second-order valence-electron chi connectivity index (χ2n) is 3.70. The summed E-state index contributed by atoms with van der Waals surface area (Å²) in [5.74, 6) is -0.101. The predicted molar refractivity (Wildman–Crippen MR) is 75.5 cm³/mol. The van der Waals surface area contributed by atoms with Crippen LogP contribution < -0.4 is 4.90 Å². The van der Waals surface area contributed by atoms with Gasteiger partial charge in [-0.2, -0.15) is 5.26 Å². The third kappa shape index (κ3) is 2.55. The predicted octanol–water partition coefficient (Wildman–Crippen LogP) is 3.19. The molecule has 2 rings (SSSR count). The number of thiol groups is 1. The molecule has 2 aromatic rings. The summed E-state index contributed by atoms with van der Waals surface area (Å²) in [7, 11) is 1.69. The van der Waals surface area contributed by atoms with Crippen LogP contribution >= 0.6 is 24.0 Å². The average molecular weight is 274 g/mol. The highest BCUT2D eigenvalue weighted by Gasteiger charge is 2.15. The van der Waals surface area contributed by atoms with E-state index in [0.29, 0.717) is 16.1 Å². The molecule has 0 unspecified atom stereocenters. The highest BCUT2D eigenvalue weighted by molar-refractivity contribution is 7.80. The lowest BCUT2D eigenvalue weighted by Gasteiger charge is -2.16. The minimum absolute atomic E-state index is 0.101. The Morgan fingerprint density at radius 1 is 1.44 bits per heavy atom. The summed E-state index contributed by atoms with van der Waals surface area (Å²) < 4.78 is 0. The van der Waals surface area contributed by atoms with Crippen molar-refractivity contribution in [2.75, 3.05) is 11.9 Å². The molecule has 1 aromatic carbocycles. The quantitative estimate of drug-likeness (QED) is 0.855. The monoisotopic (exact) mass is 274 g/mol. The summed E-state index contributed by atoms with van der Waals surface area (Å²) in [6.45, 7) is 0. The van der Waals surface area contributed by atoms with Crippen LogP contribution in [0.5, 0.6) is 0 Å². The van der Waals surface area contributed by atoms with E-state index in [1.165, 1.54) is 16.2 Å². The van der Waals surface area contributed by atoms with Crippen LogP contribution in [-0.4, -0.2) is 13.0 Å². The lowest BCUT2D eigenvalue weighted by Crippen LogP contribution is -2.25. The number of carbonyl (C=O) groups is 1. The lowest BCUT2D eigenvalue weighted by molar-refractivity contribution is 0.0997. The summed E-state index contributed by atoms with van der Waals surface area (Å²) in [4.78, 5) is 15.1. The van der Waals surface area contributed by atoms with Crippen molar-refractivity contribution in [3.63, 3.8) is 0 Å². The Kier molecular flexibility index (Phi) is 3.70. The fourth-order valence-corrected chi connectivity index (χ4v) is 2.63. The number of anilines is 1. The maximum absolute atomic E-state index is 12.2. The van der Waals surface area contributed by atoms with Crippen molar-refractivity contribution >= 4 is 35.6 Å². The van der Waals surface area contributed by atoms with Crippen LogP contribution in [0, 0.1) is 11.3 Å². The molecular formula is C13H10N2OS2. The number of thiophene rings is 1. The molecule has 5 heteroatoms. The number of amides is 1. The Morgan fingerprint density at radius 2 is 2.22 bits per heavy atom. The second-order valence-corrected chi connectivity index (χ2v) is 5.12. The van der Waals surface area contributed by atoms with Crippen LogP contribution in [0.4, 0.5) is 5.69 Å². The SMILES string of the molecule is CN(C(=O)c1cc(S)cs1)c1cccc(C#N)c1. The van der Waals surface area contributed by atoms with Gasteiger partial charge in [0.2, 0.25) is 0 Å². The number of benzene rings is 1. The Labute approximate surface area is 115 Å². The molecule has 0 aliphatic heterocycles. The van der Waals surface area contributed by atoms with Crippen LogP contribution in [0.3, 0.4) is 0 Å². The molecule has 18 heavy (non-hydrogen) atoms. The van der Waals surface area contributed by atoms with Crippen LogP contribution in [-0.2, 0) is 0 Å². The van der Waals surface area contributed by atoms with Gasteiger partial charge in [-0.3, -0.25) is 4.79 Å². The Morgan fingerprint density at radius 3 is 2.83 bits per heavy atom. The van der Waals surface area contributed by atoms with Gasteiger partial charge in [0.15, 0.2) is 0 Å². The highest BCUT2D eigenvalue weighted by Crippen LogP contribution is 2.22. The van der Waals surface area contributed by atoms with Crippen molar-refractivity contribution in [3.05, 3.63) is 46.2 Å². The van der Waals surface area contributed by atoms with E-state index < -0.39 is 0 Å². The number of nitriles is 1. The Hall–Kier alpha value is -1.77. The van der Waals surface area contributed by atoms with Gasteiger partial charge in [-0.15, -0.1) is 24.0 Å². The molecule has 1 heterocycles.